The molecule has 1 fully saturated rings. The van der Waals surface area contributed by atoms with Crippen LogP contribution in [0.4, 0.5) is 0 Å². The molecule has 0 saturated carbocycles. The Balaban J connectivity index is 1.96. The number of methoxy groups -OCH3 is 1. The molecule has 5 nitrogen and oxygen atoms in total. The summed E-state index contributed by atoms with van der Waals surface area (Å²) in [6.07, 6.45) is 0. The minimum Gasteiger partial charge on any atom is -0.383 e. The van der Waals surface area contributed by atoms with Crippen molar-refractivity contribution in [1.29, 1.82) is 0 Å². The van der Waals surface area contributed by atoms with E-state index in [4.69, 9.17) is 4.74 Å². The molecule has 0 radical (unpaired) electrons. The van der Waals surface area contributed by atoms with Gasteiger partial charge in [0.25, 0.3) is 5.56 Å². The maximum atomic E-state index is 11.9. The molecule has 0 aliphatic carbocycles. The quantitative estimate of drug-likeness (QED) is 0.810. The molecule has 1 aliphatic rings. The average molecular weight is 279 g/mol. The molecule has 0 spiro atoms. The van der Waals surface area contributed by atoms with Crippen molar-refractivity contribution in [3.05, 3.63) is 28.2 Å². The first kappa shape index (κ1) is 15.2. The van der Waals surface area contributed by atoms with Crippen LogP contribution in [0.3, 0.4) is 0 Å². The minimum atomic E-state index is -0.0282. The summed E-state index contributed by atoms with van der Waals surface area (Å²) in [5.41, 5.74) is 0.931. The average Bonchev–Trinajstić information content (AvgIpc) is 2.32. The van der Waals surface area contributed by atoms with E-state index in [1.54, 1.807) is 17.9 Å². The summed E-state index contributed by atoms with van der Waals surface area (Å²) >= 11 is 0. The molecule has 20 heavy (non-hydrogen) atoms. The van der Waals surface area contributed by atoms with Crippen LogP contribution in [0, 0.1) is 5.92 Å². The second kappa shape index (κ2) is 6.06. The van der Waals surface area contributed by atoms with Gasteiger partial charge in [0.05, 0.1) is 18.8 Å². The highest BCUT2D eigenvalue weighted by molar-refractivity contribution is 5.10. The zero-order chi connectivity index (χ0) is 14.8. The predicted octanol–water partition coefficient (Wildman–Crippen LogP) is 1.12. The van der Waals surface area contributed by atoms with Gasteiger partial charge in [0, 0.05) is 44.1 Å². The Hall–Kier alpha value is -1.20. The molecule has 0 unspecified atom stereocenters. The van der Waals surface area contributed by atoms with Crippen LogP contribution in [0.5, 0.6) is 0 Å². The first-order valence-electron chi connectivity index (χ1n) is 7.20. The topological polar surface area (TPSA) is 47.4 Å². The van der Waals surface area contributed by atoms with Gasteiger partial charge in [-0.3, -0.25) is 4.79 Å². The zero-order valence-electron chi connectivity index (χ0n) is 12.9. The number of nitrogens with zero attached hydrogens (tertiary/aromatic N) is 3. The van der Waals surface area contributed by atoms with Crippen molar-refractivity contribution < 1.29 is 4.74 Å². The van der Waals surface area contributed by atoms with Crippen LogP contribution in [0.1, 0.15) is 26.5 Å². The Kier molecular flexibility index (Phi) is 4.60. The molecule has 0 atom stereocenters. The van der Waals surface area contributed by atoms with Gasteiger partial charge in [0.15, 0.2) is 0 Å². The van der Waals surface area contributed by atoms with Gasteiger partial charge in [-0.15, -0.1) is 0 Å². The second-order valence-corrected chi connectivity index (χ2v) is 6.61. The molecule has 1 aromatic rings. The van der Waals surface area contributed by atoms with Crippen LogP contribution in [-0.4, -0.2) is 48.0 Å². The van der Waals surface area contributed by atoms with E-state index in [9.17, 15) is 4.79 Å². The van der Waals surface area contributed by atoms with Gasteiger partial charge in [-0.25, -0.2) is 4.68 Å². The standard InChI is InChI=1S/C15H25N3O2/c1-15(2,3)13-5-6-14(19)18(16-13)11-12-9-17(10-12)7-8-20-4/h5-6,12H,7-11H2,1-4H3. The van der Waals surface area contributed by atoms with Crippen molar-refractivity contribution in [3.63, 3.8) is 0 Å². The molecule has 1 saturated heterocycles. The molecule has 1 aliphatic heterocycles. The monoisotopic (exact) mass is 279 g/mol. The number of rotatable bonds is 5. The van der Waals surface area contributed by atoms with Crippen molar-refractivity contribution in [1.82, 2.24) is 14.7 Å². The molecular formula is C15H25N3O2. The minimum absolute atomic E-state index is 0.00617. The zero-order valence-corrected chi connectivity index (χ0v) is 12.9. The third-order valence-electron chi connectivity index (χ3n) is 3.71. The van der Waals surface area contributed by atoms with E-state index in [2.05, 4.69) is 30.8 Å². The molecule has 0 bridgehead atoms. The molecule has 5 heteroatoms. The van der Waals surface area contributed by atoms with E-state index in [0.717, 1.165) is 31.9 Å². The summed E-state index contributed by atoms with van der Waals surface area (Å²) < 4.78 is 6.69. The lowest BCUT2D eigenvalue weighted by Gasteiger charge is -2.39. The van der Waals surface area contributed by atoms with Crippen molar-refractivity contribution in [2.75, 3.05) is 33.4 Å². The summed E-state index contributed by atoms with van der Waals surface area (Å²) in [6, 6.07) is 3.47. The van der Waals surface area contributed by atoms with Crippen LogP contribution in [-0.2, 0) is 16.7 Å². The van der Waals surface area contributed by atoms with E-state index < -0.39 is 0 Å². The number of ether oxygens (including phenoxy) is 1. The van der Waals surface area contributed by atoms with Crippen molar-refractivity contribution in [3.8, 4) is 0 Å². The van der Waals surface area contributed by atoms with Gasteiger partial charge in [-0.2, -0.15) is 5.10 Å². The maximum absolute atomic E-state index is 11.9. The number of hydrogen-bond acceptors (Lipinski definition) is 4. The van der Waals surface area contributed by atoms with Gasteiger partial charge in [-0.1, -0.05) is 20.8 Å². The van der Waals surface area contributed by atoms with Crippen LogP contribution >= 0.6 is 0 Å². The first-order valence-corrected chi connectivity index (χ1v) is 7.20. The largest absolute Gasteiger partial charge is 0.383 e. The van der Waals surface area contributed by atoms with Gasteiger partial charge >= 0.3 is 0 Å². The summed E-state index contributed by atoms with van der Waals surface area (Å²) in [6.45, 7) is 10.8. The van der Waals surface area contributed by atoms with Gasteiger partial charge < -0.3 is 9.64 Å². The highest BCUT2D eigenvalue weighted by atomic mass is 16.5. The fourth-order valence-electron chi connectivity index (χ4n) is 2.42. The number of likely N-dealkylation sites (tertiary alicyclic amines) is 1. The first-order chi connectivity index (χ1) is 9.40. The number of aromatic nitrogens is 2. The summed E-state index contributed by atoms with van der Waals surface area (Å²) in [5.74, 6) is 0.521. The third-order valence-corrected chi connectivity index (χ3v) is 3.71. The Morgan fingerprint density at radius 3 is 2.65 bits per heavy atom. The SMILES string of the molecule is COCCN1CC(Cn2nc(C(C)(C)C)ccc2=O)C1. The normalized spacial score (nSPS) is 17.2. The fourth-order valence-corrected chi connectivity index (χ4v) is 2.42. The Morgan fingerprint density at radius 2 is 2.05 bits per heavy atom. The Labute approximate surface area is 120 Å². The van der Waals surface area contributed by atoms with Crippen LogP contribution in [0.25, 0.3) is 0 Å². The van der Waals surface area contributed by atoms with Gasteiger partial charge in [-0.05, 0) is 6.07 Å². The smallest absolute Gasteiger partial charge is 0.266 e. The van der Waals surface area contributed by atoms with Crippen LogP contribution < -0.4 is 5.56 Å². The third kappa shape index (κ3) is 3.67. The van der Waals surface area contributed by atoms with Gasteiger partial charge in [0.1, 0.15) is 0 Å². The van der Waals surface area contributed by atoms with Crippen molar-refractivity contribution in [2.45, 2.75) is 32.7 Å². The highest BCUT2D eigenvalue weighted by Crippen LogP contribution is 2.19. The maximum Gasteiger partial charge on any atom is 0.266 e. The molecule has 112 valence electrons. The van der Waals surface area contributed by atoms with E-state index in [-0.39, 0.29) is 11.0 Å². The molecule has 1 aromatic heterocycles. The van der Waals surface area contributed by atoms with Crippen LogP contribution in [0.2, 0.25) is 0 Å². The summed E-state index contributed by atoms with van der Waals surface area (Å²) in [5, 5.41) is 4.51. The lowest BCUT2D eigenvalue weighted by atomic mass is 9.92. The van der Waals surface area contributed by atoms with Crippen molar-refractivity contribution >= 4 is 0 Å². The summed E-state index contributed by atoms with van der Waals surface area (Å²) in [7, 11) is 1.72. The lowest BCUT2D eigenvalue weighted by Crippen LogP contribution is -2.50. The second-order valence-electron chi connectivity index (χ2n) is 6.61. The van der Waals surface area contributed by atoms with E-state index in [1.807, 2.05) is 6.07 Å². The molecule has 0 aromatic carbocycles. The molecule has 2 heterocycles. The van der Waals surface area contributed by atoms with E-state index in [1.165, 1.54) is 0 Å². The van der Waals surface area contributed by atoms with Gasteiger partial charge in [0.2, 0.25) is 0 Å². The Bertz CT molecular complexity index is 499. The molecule has 0 amide bonds. The van der Waals surface area contributed by atoms with E-state index in [0.29, 0.717) is 12.5 Å². The molecular weight excluding hydrogens is 254 g/mol. The molecule has 0 N–H and O–H groups in total. The predicted molar refractivity (Wildman–Crippen MR) is 79.0 cm³/mol. The number of hydrogen-bond donors (Lipinski definition) is 0. The summed E-state index contributed by atoms with van der Waals surface area (Å²) in [4.78, 5) is 14.2. The Morgan fingerprint density at radius 1 is 1.35 bits per heavy atom. The fraction of sp³-hybridized carbons (Fsp3) is 0.733. The van der Waals surface area contributed by atoms with E-state index >= 15 is 0 Å². The highest BCUT2D eigenvalue weighted by Gasteiger charge is 2.27. The lowest BCUT2D eigenvalue weighted by molar-refractivity contribution is 0.0539. The molecule has 2 rings (SSSR count). The van der Waals surface area contributed by atoms with Crippen molar-refractivity contribution in [2.24, 2.45) is 5.92 Å². The van der Waals surface area contributed by atoms with Crippen LogP contribution in [0.15, 0.2) is 16.9 Å².